The summed E-state index contributed by atoms with van der Waals surface area (Å²) in [4.78, 5) is 12.0. The van der Waals surface area contributed by atoms with E-state index in [1.165, 1.54) is 6.07 Å². The second-order valence-corrected chi connectivity index (χ2v) is 3.32. The lowest BCUT2D eigenvalue weighted by molar-refractivity contribution is -0.136. The number of hydrogen-bond donors (Lipinski definition) is 1. The minimum atomic E-state index is -0.944. The zero-order valence-electron chi connectivity index (χ0n) is 8.91. The van der Waals surface area contributed by atoms with E-state index in [9.17, 15) is 13.6 Å². The third kappa shape index (κ3) is 3.18. The molecule has 1 N–H and O–H groups in total. The Kier molecular flexibility index (Phi) is 4.22. The van der Waals surface area contributed by atoms with E-state index in [4.69, 9.17) is 5.11 Å². The molecule has 0 saturated carbocycles. The van der Waals surface area contributed by atoms with Crippen LogP contribution >= 0.6 is 0 Å². The summed E-state index contributed by atoms with van der Waals surface area (Å²) in [5, 5.41) is 8.54. The van der Waals surface area contributed by atoms with E-state index in [0.717, 1.165) is 12.1 Å². The monoisotopic (exact) mass is 229 g/mol. The number of carboxylic acid groups (broad SMARTS) is 1. The number of hydrogen-bond acceptors (Lipinski definition) is 2. The molecule has 0 radical (unpaired) electrons. The SMILES string of the molecule is CCN(CCC(=O)O)c1ccc(F)cc1F. The number of carboxylic acids is 1. The quantitative estimate of drug-likeness (QED) is 0.842. The highest BCUT2D eigenvalue weighted by molar-refractivity contribution is 5.67. The highest BCUT2D eigenvalue weighted by atomic mass is 19.1. The van der Waals surface area contributed by atoms with Crippen LogP contribution in [0.2, 0.25) is 0 Å². The van der Waals surface area contributed by atoms with Crippen molar-refractivity contribution in [1.82, 2.24) is 0 Å². The maximum Gasteiger partial charge on any atom is 0.305 e. The van der Waals surface area contributed by atoms with Crippen molar-refractivity contribution in [3.63, 3.8) is 0 Å². The first kappa shape index (κ1) is 12.4. The van der Waals surface area contributed by atoms with Gasteiger partial charge in [-0.05, 0) is 19.1 Å². The molecular formula is C11H13F2NO2. The molecule has 0 unspecified atom stereocenters. The van der Waals surface area contributed by atoms with Crippen LogP contribution < -0.4 is 4.90 Å². The Morgan fingerprint density at radius 3 is 2.62 bits per heavy atom. The fourth-order valence-corrected chi connectivity index (χ4v) is 1.42. The molecule has 1 aromatic carbocycles. The molecule has 0 fully saturated rings. The molecule has 0 heterocycles. The molecule has 0 spiro atoms. The van der Waals surface area contributed by atoms with Gasteiger partial charge in [-0.1, -0.05) is 0 Å². The van der Waals surface area contributed by atoms with Gasteiger partial charge in [0, 0.05) is 19.2 Å². The van der Waals surface area contributed by atoms with Gasteiger partial charge in [-0.2, -0.15) is 0 Å². The van der Waals surface area contributed by atoms with Crippen LogP contribution in [0.1, 0.15) is 13.3 Å². The lowest BCUT2D eigenvalue weighted by Gasteiger charge is -2.22. The Bertz CT molecular complexity index is 382. The Morgan fingerprint density at radius 2 is 2.12 bits per heavy atom. The fourth-order valence-electron chi connectivity index (χ4n) is 1.42. The molecule has 88 valence electrons. The highest BCUT2D eigenvalue weighted by Gasteiger charge is 2.11. The molecule has 0 amide bonds. The molecule has 0 aliphatic heterocycles. The molecule has 5 heteroatoms. The van der Waals surface area contributed by atoms with E-state index in [-0.39, 0.29) is 18.7 Å². The van der Waals surface area contributed by atoms with Crippen LogP contribution in [0.3, 0.4) is 0 Å². The van der Waals surface area contributed by atoms with Gasteiger partial charge in [-0.3, -0.25) is 4.79 Å². The van der Waals surface area contributed by atoms with Gasteiger partial charge in [0.25, 0.3) is 0 Å². The van der Waals surface area contributed by atoms with Crippen molar-refractivity contribution in [2.75, 3.05) is 18.0 Å². The number of rotatable bonds is 5. The molecule has 1 rings (SSSR count). The Labute approximate surface area is 92.3 Å². The summed E-state index contributed by atoms with van der Waals surface area (Å²) in [6.45, 7) is 2.45. The van der Waals surface area contributed by atoms with Crippen molar-refractivity contribution in [2.24, 2.45) is 0 Å². The zero-order valence-corrected chi connectivity index (χ0v) is 8.91. The van der Waals surface area contributed by atoms with Gasteiger partial charge in [0.05, 0.1) is 12.1 Å². The maximum atomic E-state index is 13.4. The van der Waals surface area contributed by atoms with Crippen LogP contribution in [0, 0.1) is 11.6 Å². The number of aliphatic carboxylic acids is 1. The van der Waals surface area contributed by atoms with Gasteiger partial charge in [0.2, 0.25) is 0 Å². The van der Waals surface area contributed by atoms with Crippen molar-refractivity contribution >= 4 is 11.7 Å². The number of benzene rings is 1. The first-order chi connectivity index (χ1) is 7.54. The topological polar surface area (TPSA) is 40.5 Å². The molecule has 0 atom stereocenters. The van der Waals surface area contributed by atoms with Crippen LogP contribution in [0.5, 0.6) is 0 Å². The van der Waals surface area contributed by atoms with Gasteiger partial charge in [-0.15, -0.1) is 0 Å². The van der Waals surface area contributed by atoms with Gasteiger partial charge in [0.15, 0.2) is 0 Å². The Hall–Kier alpha value is -1.65. The van der Waals surface area contributed by atoms with E-state index in [2.05, 4.69) is 0 Å². The summed E-state index contributed by atoms with van der Waals surface area (Å²) in [7, 11) is 0. The van der Waals surface area contributed by atoms with E-state index in [1.54, 1.807) is 11.8 Å². The molecule has 0 aliphatic rings. The molecule has 0 bridgehead atoms. The van der Waals surface area contributed by atoms with Gasteiger partial charge >= 0.3 is 5.97 Å². The normalized spacial score (nSPS) is 10.2. The summed E-state index contributed by atoms with van der Waals surface area (Å²) >= 11 is 0. The standard InChI is InChI=1S/C11H13F2NO2/c1-2-14(6-5-11(15)16)10-4-3-8(12)7-9(10)13/h3-4,7H,2,5-6H2,1H3,(H,15,16). The Balaban J connectivity index is 2.82. The lowest BCUT2D eigenvalue weighted by Crippen LogP contribution is -2.26. The van der Waals surface area contributed by atoms with Crippen LogP contribution in [0.25, 0.3) is 0 Å². The van der Waals surface area contributed by atoms with Crippen LogP contribution in [-0.2, 0) is 4.79 Å². The number of carbonyl (C=O) groups is 1. The summed E-state index contributed by atoms with van der Waals surface area (Å²) in [6.07, 6.45) is -0.0787. The highest BCUT2D eigenvalue weighted by Crippen LogP contribution is 2.20. The smallest absolute Gasteiger partial charge is 0.305 e. The molecule has 0 aromatic heterocycles. The fraction of sp³-hybridized carbons (Fsp3) is 0.364. The summed E-state index contributed by atoms with van der Waals surface area (Å²) in [5.41, 5.74) is 0.227. The number of anilines is 1. The molecule has 0 saturated heterocycles. The third-order valence-corrected chi connectivity index (χ3v) is 2.23. The second kappa shape index (κ2) is 5.44. The van der Waals surface area contributed by atoms with Crippen molar-refractivity contribution in [2.45, 2.75) is 13.3 Å². The van der Waals surface area contributed by atoms with E-state index in [1.807, 2.05) is 0 Å². The van der Waals surface area contributed by atoms with Crippen molar-refractivity contribution < 1.29 is 18.7 Å². The minimum absolute atomic E-state index is 0.0787. The van der Waals surface area contributed by atoms with Crippen LogP contribution in [-0.4, -0.2) is 24.2 Å². The lowest BCUT2D eigenvalue weighted by atomic mass is 10.2. The zero-order chi connectivity index (χ0) is 12.1. The summed E-state index contributed by atoms with van der Waals surface area (Å²) in [5.74, 6) is -2.26. The van der Waals surface area contributed by atoms with Gasteiger partial charge in [0.1, 0.15) is 11.6 Å². The van der Waals surface area contributed by atoms with Gasteiger partial charge in [-0.25, -0.2) is 8.78 Å². The van der Waals surface area contributed by atoms with Crippen LogP contribution in [0.4, 0.5) is 14.5 Å². The Morgan fingerprint density at radius 1 is 1.44 bits per heavy atom. The first-order valence-corrected chi connectivity index (χ1v) is 4.96. The van der Waals surface area contributed by atoms with Crippen molar-refractivity contribution in [3.8, 4) is 0 Å². The molecule has 1 aromatic rings. The maximum absolute atomic E-state index is 13.4. The van der Waals surface area contributed by atoms with Crippen molar-refractivity contribution in [3.05, 3.63) is 29.8 Å². The largest absolute Gasteiger partial charge is 0.481 e. The first-order valence-electron chi connectivity index (χ1n) is 4.96. The minimum Gasteiger partial charge on any atom is -0.481 e. The molecule has 3 nitrogen and oxygen atoms in total. The third-order valence-electron chi connectivity index (χ3n) is 2.23. The van der Waals surface area contributed by atoms with E-state index >= 15 is 0 Å². The average Bonchev–Trinajstić information content (AvgIpc) is 2.21. The predicted octanol–water partition coefficient (Wildman–Crippen LogP) is 2.27. The van der Waals surface area contributed by atoms with E-state index in [0.29, 0.717) is 6.54 Å². The average molecular weight is 229 g/mol. The molecule has 0 aliphatic carbocycles. The second-order valence-electron chi connectivity index (χ2n) is 3.32. The summed E-state index contributed by atoms with van der Waals surface area (Å²) < 4.78 is 26.1. The van der Waals surface area contributed by atoms with E-state index < -0.39 is 17.6 Å². The molecular weight excluding hydrogens is 216 g/mol. The van der Waals surface area contributed by atoms with Crippen molar-refractivity contribution in [1.29, 1.82) is 0 Å². The number of halogens is 2. The van der Waals surface area contributed by atoms with Gasteiger partial charge < -0.3 is 10.0 Å². The number of nitrogens with zero attached hydrogens (tertiary/aromatic N) is 1. The van der Waals surface area contributed by atoms with Crippen LogP contribution in [0.15, 0.2) is 18.2 Å². The molecule has 16 heavy (non-hydrogen) atoms. The summed E-state index contributed by atoms with van der Waals surface area (Å²) in [6, 6.07) is 3.26. The predicted molar refractivity (Wildman–Crippen MR) is 56.5 cm³/mol.